The zero-order valence-corrected chi connectivity index (χ0v) is 26.5. The first-order valence-corrected chi connectivity index (χ1v) is 15.6. The molecule has 46 heavy (non-hydrogen) atoms. The Labute approximate surface area is 268 Å². The highest BCUT2D eigenvalue weighted by molar-refractivity contribution is 6.00. The molecule has 2 N–H and O–H groups in total. The molecule has 2 aromatic carbocycles. The van der Waals surface area contributed by atoms with Crippen molar-refractivity contribution in [2.24, 2.45) is 0 Å². The van der Waals surface area contributed by atoms with Gasteiger partial charge >= 0.3 is 0 Å². The number of hydrogen-bond donors (Lipinski definition) is 1. The van der Waals surface area contributed by atoms with Gasteiger partial charge in [-0.3, -0.25) is 14.4 Å². The zero-order valence-electron chi connectivity index (χ0n) is 26.5. The first kappa shape index (κ1) is 31.2. The minimum absolute atomic E-state index is 0.134. The Morgan fingerprint density at radius 1 is 1.11 bits per heavy atom. The molecule has 4 heterocycles. The highest BCUT2D eigenvalue weighted by atomic mass is 19.1. The number of para-hydroxylation sites is 1. The second-order valence-corrected chi connectivity index (χ2v) is 12.6. The highest BCUT2D eigenvalue weighted by Crippen LogP contribution is 2.36. The lowest BCUT2D eigenvalue weighted by molar-refractivity contribution is -0.127. The maximum Gasteiger partial charge on any atom is 0.252 e. The third-order valence-corrected chi connectivity index (χ3v) is 9.04. The molecule has 6 rings (SSSR count). The van der Waals surface area contributed by atoms with Crippen LogP contribution in [0.25, 0.3) is 27.0 Å². The predicted molar refractivity (Wildman–Crippen MR) is 176 cm³/mol. The maximum absolute atomic E-state index is 15.6. The molecule has 0 bridgehead atoms. The number of pyridine rings is 1. The Kier molecular flexibility index (Phi) is 8.75. The summed E-state index contributed by atoms with van der Waals surface area (Å²) in [7, 11) is 2.10. The van der Waals surface area contributed by atoms with Crippen molar-refractivity contribution in [1.82, 2.24) is 29.5 Å². The topological polar surface area (TPSA) is 97.1 Å². The van der Waals surface area contributed by atoms with Crippen molar-refractivity contribution in [3.63, 3.8) is 0 Å². The van der Waals surface area contributed by atoms with Gasteiger partial charge < -0.3 is 20.3 Å². The summed E-state index contributed by atoms with van der Waals surface area (Å²) < 4.78 is 23.2. The Balaban J connectivity index is 1.26. The van der Waals surface area contributed by atoms with E-state index in [1.807, 2.05) is 24.3 Å². The van der Waals surface area contributed by atoms with Crippen molar-refractivity contribution in [2.45, 2.75) is 44.8 Å². The molecule has 2 fully saturated rings. The van der Waals surface area contributed by atoms with E-state index in [2.05, 4.69) is 40.5 Å². The van der Waals surface area contributed by atoms with Crippen LogP contribution >= 0.6 is 0 Å². The number of rotatable bonds is 8. The number of ether oxygens (including phenoxy) is 1. The molecule has 2 aromatic heterocycles. The lowest BCUT2D eigenvalue weighted by Gasteiger charge is -2.42. The van der Waals surface area contributed by atoms with E-state index in [4.69, 9.17) is 22.1 Å². The highest BCUT2D eigenvalue weighted by Gasteiger charge is 2.35. The summed E-state index contributed by atoms with van der Waals surface area (Å²) >= 11 is 0. The monoisotopic (exact) mass is 622 g/mol. The van der Waals surface area contributed by atoms with Gasteiger partial charge in [0, 0.05) is 56.1 Å². The molecule has 0 radical (unpaired) electrons. The number of amides is 1. The van der Waals surface area contributed by atoms with Crippen molar-refractivity contribution in [2.75, 3.05) is 45.5 Å². The fourth-order valence-electron chi connectivity index (χ4n) is 6.44. The molecule has 2 aliphatic heterocycles. The van der Waals surface area contributed by atoms with Crippen LogP contribution in [0.1, 0.15) is 26.7 Å². The number of carbonyl (C=O) groups excluding carboxylic acids is 1. The van der Waals surface area contributed by atoms with E-state index in [1.165, 1.54) is 6.07 Å². The van der Waals surface area contributed by atoms with Crippen LogP contribution in [-0.4, -0.2) is 86.7 Å². The molecule has 2 aliphatic rings. The van der Waals surface area contributed by atoms with Crippen LogP contribution in [0, 0.1) is 12.4 Å². The lowest BCUT2D eigenvalue weighted by Crippen LogP contribution is -2.53. The average Bonchev–Trinajstić information content (AvgIpc) is 3.66. The van der Waals surface area contributed by atoms with Crippen LogP contribution < -0.4 is 10.5 Å². The zero-order chi connectivity index (χ0) is 32.4. The molecule has 10 nitrogen and oxygen atoms in total. The summed E-state index contributed by atoms with van der Waals surface area (Å²) in [5, 5.41) is 5.38. The quantitative estimate of drug-likeness (QED) is 0.207. The van der Waals surface area contributed by atoms with Gasteiger partial charge in [0.15, 0.2) is 0 Å². The van der Waals surface area contributed by atoms with Crippen LogP contribution in [0.2, 0.25) is 0 Å². The minimum Gasteiger partial charge on any atom is -0.457 e. The molecular weight excluding hydrogens is 583 g/mol. The van der Waals surface area contributed by atoms with E-state index >= 15 is 4.39 Å². The van der Waals surface area contributed by atoms with E-state index in [1.54, 1.807) is 46.1 Å². The van der Waals surface area contributed by atoms with Gasteiger partial charge in [-0.1, -0.05) is 24.3 Å². The van der Waals surface area contributed by atoms with Gasteiger partial charge in [-0.05, 0) is 64.1 Å². The number of likely N-dealkylation sites (N-methyl/N-ethyl adjacent to an activating group) is 1. The lowest BCUT2D eigenvalue weighted by atomic mass is 9.99. The number of hydrogen-bond acceptors (Lipinski definition) is 7. The van der Waals surface area contributed by atoms with Gasteiger partial charge in [0.2, 0.25) is 5.70 Å². The van der Waals surface area contributed by atoms with Gasteiger partial charge in [-0.15, -0.1) is 0 Å². The van der Waals surface area contributed by atoms with Crippen molar-refractivity contribution in [3.05, 3.63) is 89.8 Å². The van der Waals surface area contributed by atoms with E-state index in [9.17, 15) is 4.79 Å². The smallest absolute Gasteiger partial charge is 0.252 e. The van der Waals surface area contributed by atoms with Gasteiger partial charge in [0.25, 0.3) is 5.91 Å². The number of aromatic nitrogens is 3. The van der Waals surface area contributed by atoms with Gasteiger partial charge in [-0.2, -0.15) is 5.10 Å². The number of benzene rings is 2. The number of likely N-dealkylation sites (tertiary alicyclic amines) is 1. The van der Waals surface area contributed by atoms with Gasteiger partial charge in [0.05, 0.1) is 30.1 Å². The average molecular weight is 623 g/mol. The number of halogens is 1. The molecule has 1 amide bonds. The largest absolute Gasteiger partial charge is 0.457 e. The number of fused-ring (bicyclic) bond motifs is 1. The number of nitrogen functional groups attached to an aromatic ring is 1. The molecule has 0 saturated carbocycles. The van der Waals surface area contributed by atoms with Gasteiger partial charge in [-0.25, -0.2) is 14.2 Å². The molecule has 1 atom stereocenters. The molecule has 0 aliphatic carbocycles. The second kappa shape index (κ2) is 12.9. The normalized spacial score (nSPS) is 18.2. The Morgan fingerprint density at radius 3 is 2.59 bits per heavy atom. The fraction of sp³-hybridized carbons (Fsp3) is 0.371. The Bertz CT molecular complexity index is 1800. The molecule has 0 spiro atoms. The first-order valence-electron chi connectivity index (χ1n) is 15.6. The van der Waals surface area contributed by atoms with Crippen molar-refractivity contribution in [1.29, 1.82) is 0 Å². The summed E-state index contributed by atoms with van der Waals surface area (Å²) in [4.78, 5) is 28.2. The van der Waals surface area contributed by atoms with Crippen LogP contribution in [0.15, 0.2) is 72.6 Å². The van der Waals surface area contributed by atoms with Crippen LogP contribution in [-0.2, 0) is 11.3 Å². The van der Waals surface area contributed by atoms with Crippen molar-refractivity contribution in [3.8, 4) is 22.8 Å². The molecular formula is C35H39FN8O2. The molecule has 238 valence electrons. The molecule has 2 saturated heterocycles. The third kappa shape index (κ3) is 6.32. The molecule has 4 aromatic rings. The summed E-state index contributed by atoms with van der Waals surface area (Å²) in [6.45, 7) is 16.6. The first-order chi connectivity index (χ1) is 22.1. The van der Waals surface area contributed by atoms with E-state index < -0.39 is 11.4 Å². The number of carbonyl (C=O) groups is 1. The summed E-state index contributed by atoms with van der Waals surface area (Å²) in [5.74, 6) is 0.439. The summed E-state index contributed by atoms with van der Waals surface area (Å²) in [5.41, 5.74) is 7.37. The molecule has 0 unspecified atom stereocenters. The number of nitrogens with zero attached hydrogens (tertiary/aromatic N) is 7. The summed E-state index contributed by atoms with van der Waals surface area (Å²) in [6.07, 6.45) is 5.00. The Hall–Kier alpha value is -4.79. The van der Waals surface area contributed by atoms with Crippen LogP contribution in [0.5, 0.6) is 11.5 Å². The number of nitrogens with two attached hydrogens (primary N) is 1. The van der Waals surface area contributed by atoms with Gasteiger partial charge in [0.1, 0.15) is 28.8 Å². The Morgan fingerprint density at radius 2 is 1.87 bits per heavy atom. The van der Waals surface area contributed by atoms with Crippen LogP contribution in [0.4, 0.5) is 10.2 Å². The SMILES string of the molecule is [C-]#[N+]/C(=C/C(C)(C)N1CCN(C)CC1)C(=O)N1CCC[C@H]1Cn1nc(-c2ccc(Oc3ccccc3)cc2F)c2c(N)nccc21. The predicted octanol–water partition coefficient (Wildman–Crippen LogP) is 5.43. The van der Waals surface area contributed by atoms with E-state index in [-0.39, 0.29) is 29.0 Å². The van der Waals surface area contributed by atoms with E-state index in [0.717, 1.165) is 39.0 Å². The third-order valence-electron chi connectivity index (χ3n) is 9.04. The standard InChI is InChI=1S/C35H39FN8O2/c1-35(2,42-19-17-41(4)18-20-42)22-29(38-3)34(45)43-16-8-9-24(43)23-44-30-14-15-39-33(37)31(30)32(40-44)27-13-12-26(21-28(27)36)46-25-10-6-5-7-11-25/h5-7,10-15,21-22,24H,8-9,16-20,23H2,1-2,4H3,(H2,37,39)/b29-22+/t24-/m0/s1. The fourth-order valence-corrected chi connectivity index (χ4v) is 6.44. The van der Waals surface area contributed by atoms with Crippen molar-refractivity contribution < 1.29 is 13.9 Å². The minimum atomic E-state index is -0.504. The molecule has 11 heteroatoms. The van der Waals surface area contributed by atoms with E-state index in [0.29, 0.717) is 41.2 Å². The number of piperazine rings is 1. The maximum atomic E-state index is 15.6. The summed E-state index contributed by atoms with van der Waals surface area (Å²) in [6, 6.07) is 15.5. The van der Waals surface area contributed by atoms with Crippen LogP contribution in [0.3, 0.4) is 0 Å². The second-order valence-electron chi connectivity index (χ2n) is 12.6. The number of anilines is 1. The van der Waals surface area contributed by atoms with Crippen molar-refractivity contribution >= 4 is 22.6 Å².